The van der Waals surface area contributed by atoms with E-state index in [4.69, 9.17) is 0 Å². The van der Waals surface area contributed by atoms with Gasteiger partial charge in [0.25, 0.3) is 0 Å². The van der Waals surface area contributed by atoms with Gasteiger partial charge in [0, 0.05) is 7.05 Å². The standard InChI is InChI=1S/C12H21NO2/c1-7(2)6-9-10(8(3)4)12(15)13(5)11(9)14/h7-10H,6H2,1-5H3. The zero-order valence-electron chi connectivity index (χ0n) is 10.3. The van der Waals surface area contributed by atoms with Crippen molar-refractivity contribution in [1.29, 1.82) is 0 Å². The number of hydrogen-bond acceptors (Lipinski definition) is 2. The Kier molecular flexibility index (Phi) is 3.53. The average molecular weight is 211 g/mol. The lowest BCUT2D eigenvalue weighted by atomic mass is 9.81. The smallest absolute Gasteiger partial charge is 0.233 e. The van der Waals surface area contributed by atoms with Crippen molar-refractivity contribution in [2.45, 2.75) is 34.1 Å². The Morgan fingerprint density at radius 3 is 2.07 bits per heavy atom. The first kappa shape index (κ1) is 12.2. The third kappa shape index (κ3) is 2.21. The molecule has 15 heavy (non-hydrogen) atoms. The Labute approximate surface area is 91.8 Å². The quantitative estimate of drug-likeness (QED) is 0.669. The first-order chi connectivity index (χ1) is 6.86. The van der Waals surface area contributed by atoms with Gasteiger partial charge in [0.05, 0.1) is 11.8 Å². The largest absolute Gasteiger partial charge is 0.285 e. The highest BCUT2D eigenvalue weighted by atomic mass is 16.2. The molecular formula is C12H21NO2. The van der Waals surface area contributed by atoms with E-state index in [9.17, 15) is 9.59 Å². The van der Waals surface area contributed by atoms with Crippen LogP contribution in [-0.2, 0) is 9.59 Å². The minimum absolute atomic E-state index is 0.000602. The Hall–Kier alpha value is -0.860. The molecule has 2 atom stereocenters. The summed E-state index contributed by atoms with van der Waals surface area (Å²) in [5.74, 6) is 0.509. The van der Waals surface area contributed by atoms with Crippen molar-refractivity contribution >= 4 is 11.8 Å². The highest BCUT2D eigenvalue weighted by molar-refractivity contribution is 6.04. The van der Waals surface area contributed by atoms with Crippen molar-refractivity contribution in [2.24, 2.45) is 23.7 Å². The minimum Gasteiger partial charge on any atom is -0.285 e. The zero-order chi connectivity index (χ0) is 11.7. The summed E-state index contributed by atoms with van der Waals surface area (Å²) in [7, 11) is 1.60. The molecule has 2 amide bonds. The number of imide groups is 1. The van der Waals surface area contributed by atoms with Crippen LogP contribution in [0.2, 0.25) is 0 Å². The maximum Gasteiger partial charge on any atom is 0.233 e. The maximum atomic E-state index is 11.9. The fourth-order valence-corrected chi connectivity index (χ4v) is 2.41. The van der Waals surface area contributed by atoms with Crippen molar-refractivity contribution < 1.29 is 9.59 Å². The molecule has 86 valence electrons. The molecule has 0 aromatic carbocycles. The first-order valence-corrected chi connectivity index (χ1v) is 5.67. The van der Waals surface area contributed by atoms with Crippen LogP contribution in [0.4, 0.5) is 0 Å². The Balaban J connectivity index is 2.90. The van der Waals surface area contributed by atoms with E-state index in [1.165, 1.54) is 4.90 Å². The molecule has 1 aliphatic rings. The third-order valence-corrected chi connectivity index (χ3v) is 3.14. The summed E-state index contributed by atoms with van der Waals surface area (Å²) in [5, 5.41) is 0. The van der Waals surface area contributed by atoms with Gasteiger partial charge in [-0.25, -0.2) is 0 Å². The number of nitrogens with zero attached hydrogens (tertiary/aromatic N) is 1. The van der Waals surface area contributed by atoms with Gasteiger partial charge in [-0.05, 0) is 18.3 Å². The second-order valence-electron chi connectivity index (χ2n) is 5.24. The Bertz CT molecular complexity index is 271. The lowest BCUT2D eigenvalue weighted by molar-refractivity contribution is -0.138. The Morgan fingerprint density at radius 1 is 1.13 bits per heavy atom. The molecule has 3 nitrogen and oxygen atoms in total. The molecule has 1 heterocycles. The van der Waals surface area contributed by atoms with E-state index in [1.54, 1.807) is 7.05 Å². The molecule has 1 rings (SSSR count). The van der Waals surface area contributed by atoms with Crippen LogP contribution in [0.25, 0.3) is 0 Å². The van der Waals surface area contributed by atoms with Gasteiger partial charge >= 0.3 is 0 Å². The van der Waals surface area contributed by atoms with Crippen molar-refractivity contribution in [1.82, 2.24) is 4.90 Å². The second kappa shape index (κ2) is 4.33. The topological polar surface area (TPSA) is 37.4 Å². The van der Waals surface area contributed by atoms with E-state index < -0.39 is 0 Å². The van der Waals surface area contributed by atoms with Crippen LogP contribution >= 0.6 is 0 Å². The van der Waals surface area contributed by atoms with Crippen LogP contribution in [0, 0.1) is 23.7 Å². The summed E-state index contributed by atoms with van der Waals surface area (Å²) in [6.07, 6.45) is 0.817. The molecule has 0 bridgehead atoms. The van der Waals surface area contributed by atoms with Crippen LogP contribution in [0.3, 0.4) is 0 Å². The molecular weight excluding hydrogens is 190 g/mol. The fourth-order valence-electron chi connectivity index (χ4n) is 2.41. The lowest BCUT2D eigenvalue weighted by Gasteiger charge is -2.19. The number of hydrogen-bond donors (Lipinski definition) is 0. The molecule has 1 saturated heterocycles. The molecule has 0 radical (unpaired) electrons. The molecule has 0 N–H and O–H groups in total. The number of carbonyl (C=O) groups excluding carboxylic acids is 2. The maximum absolute atomic E-state index is 11.9. The summed E-state index contributed by atoms with van der Waals surface area (Å²) in [6, 6.07) is 0. The molecule has 0 spiro atoms. The van der Waals surface area contributed by atoms with Crippen molar-refractivity contribution in [3.05, 3.63) is 0 Å². The van der Waals surface area contributed by atoms with Crippen LogP contribution < -0.4 is 0 Å². The summed E-state index contributed by atoms with van der Waals surface area (Å²) in [5.41, 5.74) is 0. The van der Waals surface area contributed by atoms with E-state index in [-0.39, 0.29) is 29.6 Å². The van der Waals surface area contributed by atoms with Gasteiger partial charge in [-0.3, -0.25) is 14.5 Å². The van der Waals surface area contributed by atoms with E-state index in [2.05, 4.69) is 13.8 Å². The highest BCUT2D eigenvalue weighted by Gasteiger charge is 2.46. The van der Waals surface area contributed by atoms with E-state index >= 15 is 0 Å². The summed E-state index contributed by atoms with van der Waals surface area (Å²) in [4.78, 5) is 25.0. The van der Waals surface area contributed by atoms with Crippen molar-refractivity contribution in [2.75, 3.05) is 7.05 Å². The zero-order valence-corrected chi connectivity index (χ0v) is 10.3. The monoisotopic (exact) mass is 211 g/mol. The van der Waals surface area contributed by atoms with Gasteiger partial charge in [-0.15, -0.1) is 0 Å². The molecule has 2 unspecified atom stereocenters. The molecule has 0 saturated carbocycles. The minimum atomic E-state index is -0.107. The average Bonchev–Trinajstić information content (AvgIpc) is 2.30. The van der Waals surface area contributed by atoms with Crippen LogP contribution in [-0.4, -0.2) is 23.8 Å². The first-order valence-electron chi connectivity index (χ1n) is 5.67. The molecule has 0 aromatic heterocycles. The number of likely N-dealkylation sites (tertiary alicyclic amines) is 1. The fraction of sp³-hybridized carbons (Fsp3) is 0.833. The van der Waals surface area contributed by atoms with Gasteiger partial charge in [0.2, 0.25) is 11.8 Å². The van der Waals surface area contributed by atoms with Crippen LogP contribution in [0.5, 0.6) is 0 Å². The van der Waals surface area contributed by atoms with Crippen molar-refractivity contribution in [3.8, 4) is 0 Å². The number of amides is 2. The van der Waals surface area contributed by atoms with Gasteiger partial charge in [0.15, 0.2) is 0 Å². The predicted molar refractivity (Wildman–Crippen MR) is 59.1 cm³/mol. The number of carbonyl (C=O) groups is 2. The summed E-state index contributed by atoms with van der Waals surface area (Å²) < 4.78 is 0. The molecule has 3 heteroatoms. The third-order valence-electron chi connectivity index (χ3n) is 3.14. The molecule has 0 aliphatic carbocycles. The van der Waals surface area contributed by atoms with E-state index in [0.29, 0.717) is 5.92 Å². The molecule has 1 aliphatic heterocycles. The van der Waals surface area contributed by atoms with Crippen LogP contribution in [0.1, 0.15) is 34.1 Å². The summed E-state index contributed by atoms with van der Waals surface area (Å²) in [6.45, 7) is 8.21. The van der Waals surface area contributed by atoms with Crippen molar-refractivity contribution in [3.63, 3.8) is 0 Å². The Morgan fingerprint density at radius 2 is 1.67 bits per heavy atom. The predicted octanol–water partition coefficient (Wildman–Crippen LogP) is 1.92. The second-order valence-corrected chi connectivity index (χ2v) is 5.24. The molecule has 1 fully saturated rings. The highest BCUT2D eigenvalue weighted by Crippen LogP contribution is 2.35. The van der Waals surface area contributed by atoms with Gasteiger partial charge in [-0.2, -0.15) is 0 Å². The normalized spacial score (nSPS) is 27.3. The van der Waals surface area contributed by atoms with Gasteiger partial charge in [0.1, 0.15) is 0 Å². The molecule has 0 aromatic rings. The lowest BCUT2D eigenvalue weighted by Crippen LogP contribution is -2.27. The van der Waals surface area contributed by atoms with Crippen LogP contribution in [0.15, 0.2) is 0 Å². The van der Waals surface area contributed by atoms with Gasteiger partial charge < -0.3 is 0 Å². The SMILES string of the molecule is CC(C)CC1C(=O)N(C)C(=O)C1C(C)C. The van der Waals surface area contributed by atoms with Gasteiger partial charge in [-0.1, -0.05) is 27.7 Å². The summed E-state index contributed by atoms with van der Waals surface area (Å²) >= 11 is 0. The van der Waals surface area contributed by atoms with E-state index in [1.807, 2.05) is 13.8 Å². The number of rotatable bonds is 3. The van der Waals surface area contributed by atoms with E-state index in [0.717, 1.165) is 6.42 Å².